The summed E-state index contributed by atoms with van der Waals surface area (Å²) in [6.07, 6.45) is 0.0415. The Morgan fingerprint density at radius 1 is 0.882 bits per heavy atom. The van der Waals surface area contributed by atoms with Gasteiger partial charge in [0.2, 0.25) is 0 Å². The molecule has 0 radical (unpaired) electrons. The number of benzene rings is 2. The Bertz CT molecular complexity index is 616. The summed E-state index contributed by atoms with van der Waals surface area (Å²) >= 11 is 0. The molecule has 2 nitrogen and oxygen atoms in total. The molecule has 0 saturated heterocycles. The van der Waals surface area contributed by atoms with E-state index in [0.29, 0.717) is 0 Å². The first-order valence-electron chi connectivity index (χ1n) is 5.83. The van der Waals surface area contributed by atoms with Gasteiger partial charge in [0, 0.05) is 17.9 Å². The molecule has 2 aromatic carbocycles. The number of para-hydroxylation sites is 2. The summed E-state index contributed by atoms with van der Waals surface area (Å²) in [7, 11) is 1.74. The van der Waals surface area contributed by atoms with E-state index in [-0.39, 0.29) is 6.23 Å². The third-order valence-corrected chi connectivity index (χ3v) is 3.32. The van der Waals surface area contributed by atoms with E-state index in [1.807, 2.05) is 0 Å². The van der Waals surface area contributed by atoms with Gasteiger partial charge in [0.25, 0.3) is 0 Å². The van der Waals surface area contributed by atoms with E-state index in [1.54, 1.807) is 7.11 Å². The number of hydrogen-bond acceptors (Lipinski definition) is 1. The summed E-state index contributed by atoms with van der Waals surface area (Å²) < 4.78 is 7.71. The summed E-state index contributed by atoms with van der Waals surface area (Å²) in [6, 6.07) is 16.9. The van der Waals surface area contributed by atoms with E-state index in [9.17, 15) is 0 Å². The smallest absolute Gasteiger partial charge is 0.131 e. The first kappa shape index (κ1) is 10.4. The van der Waals surface area contributed by atoms with Crippen LogP contribution in [0.15, 0.2) is 48.5 Å². The van der Waals surface area contributed by atoms with E-state index in [4.69, 9.17) is 4.74 Å². The van der Waals surface area contributed by atoms with Crippen molar-refractivity contribution in [1.29, 1.82) is 0 Å². The second-order valence-electron chi connectivity index (χ2n) is 4.24. The van der Waals surface area contributed by atoms with Gasteiger partial charge in [0.15, 0.2) is 0 Å². The molecule has 0 fully saturated rings. The Morgan fingerprint density at radius 3 is 1.82 bits per heavy atom. The average molecular weight is 225 g/mol. The van der Waals surface area contributed by atoms with Gasteiger partial charge in [0.1, 0.15) is 6.23 Å². The third-order valence-electron chi connectivity index (χ3n) is 3.32. The van der Waals surface area contributed by atoms with Crippen molar-refractivity contribution in [1.82, 2.24) is 4.57 Å². The first-order valence-corrected chi connectivity index (χ1v) is 5.83. The van der Waals surface area contributed by atoms with Crippen molar-refractivity contribution >= 4 is 21.8 Å². The Labute approximate surface area is 100 Å². The van der Waals surface area contributed by atoms with Crippen molar-refractivity contribution in [2.24, 2.45) is 0 Å². The minimum atomic E-state index is 0.0415. The number of hydrogen-bond donors (Lipinski definition) is 0. The molecule has 0 unspecified atom stereocenters. The van der Waals surface area contributed by atoms with Gasteiger partial charge in [-0.15, -0.1) is 0 Å². The summed E-state index contributed by atoms with van der Waals surface area (Å²) in [5.41, 5.74) is 2.45. The molecule has 0 N–H and O–H groups in total. The van der Waals surface area contributed by atoms with Crippen LogP contribution in [0.3, 0.4) is 0 Å². The van der Waals surface area contributed by atoms with E-state index in [1.165, 1.54) is 21.8 Å². The van der Waals surface area contributed by atoms with Crippen LogP contribution in [-0.2, 0) is 4.74 Å². The maximum atomic E-state index is 5.47. The zero-order chi connectivity index (χ0) is 11.8. The van der Waals surface area contributed by atoms with Crippen LogP contribution in [0.1, 0.15) is 13.2 Å². The second kappa shape index (κ2) is 3.90. The summed E-state index contributed by atoms with van der Waals surface area (Å²) in [5, 5.41) is 2.57. The number of aromatic nitrogens is 1. The molecule has 3 rings (SSSR count). The SMILES string of the molecule is CO[C@@H](C)n1c2ccccc2c2ccccc21. The van der Waals surface area contributed by atoms with Gasteiger partial charge in [-0.1, -0.05) is 36.4 Å². The predicted octanol–water partition coefficient (Wildman–Crippen LogP) is 3.96. The average Bonchev–Trinajstić information content (AvgIpc) is 2.72. The second-order valence-corrected chi connectivity index (χ2v) is 4.24. The molecular weight excluding hydrogens is 210 g/mol. The highest BCUT2D eigenvalue weighted by Crippen LogP contribution is 2.31. The zero-order valence-corrected chi connectivity index (χ0v) is 10.1. The lowest BCUT2D eigenvalue weighted by Crippen LogP contribution is -2.06. The number of ether oxygens (including phenoxy) is 1. The fraction of sp³-hybridized carbons (Fsp3) is 0.200. The third kappa shape index (κ3) is 1.45. The molecule has 0 spiro atoms. The molecule has 0 aliphatic heterocycles. The van der Waals surface area contributed by atoms with Crippen LogP contribution in [-0.4, -0.2) is 11.7 Å². The highest BCUT2D eigenvalue weighted by molar-refractivity contribution is 6.08. The number of fused-ring (bicyclic) bond motifs is 3. The number of rotatable bonds is 2. The highest BCUT2D eigenvalue weighted by Gasteiger charge is 2.13. The molecule has 2 heteroatoms. The largest absolute Gasteiger partial charge is 0.362 e. The first-order chi connectivity index (χ1) is 8.33. The van der Waals surface area contributed by atoms with Crippen molar-refractivity contribution in [3.05, 3.63) is 48.5 Å². The fourth-order valence-electron chi connectivity index (χ4n) is 2.45. The van der Waals surface area contributed by atoms with E-state index >= 15 is 0 Å². The van der Waals surface area contributed by atoms with Crippen LogP contribution in [0.5, 0.6) is 0 Å². The molecule has 0 amide bonds. The monoisotopic (exact) mass is 225 g/mol. The molecular formula is C15H15NO. The van der Waals surface area contributed by atoms with Crippen molar-refractivity contribution in [3.63, 3.8) is 0 Å². The standard InChI is InChI=1S/C15H15NO/c1-11(17-2)16-14-9-5-3-7-12(14)13-8-4-6-10-15(13)16/h3-11H,1-2H3/t11-/m0/s1. The van der Waals surface area contributed by atoms with Gasteiger partial charge in [-0.2, -0.15) is 0 Å². The molecule has 0 aliphatic carbocycles. The van der Waals surface area contributed by atoms with Crippen LogP contribution < -0.4 is 0 Å². The summed E-state index contributed by atoms with van der Waals surface area (Å²) in [5.74, 6) is 0. The van der Waals surface area contributed by atoms with E-state index in [0.717, 1.165) is 0 Å². The Morgan fingerprint density at radius 2 is 1.35 bits per heavy atom. The van der Waals surface area contributed by atoms with Crippen molar-refractivity contribution in [2.45, 2.75) is 13.2 Å². The van der Waals surface area contributed by atoms with Crippen LogP contribution in [0.4, 0.5) is 0 Å². The molecule has 86 valence electrons. The normalized spacial score (nSPS) is 13.3. The molecule has 17 heavy (non-hydrogen) atoms. The summed E-state index contributed by atoms with van der Waals surface area (Å²) in [6.45, 7) is 2.07. The molecule has 0 saturated carbocycles. The van der Waals surface area contributed by atoms with Crippen LogP contribution >= 0.6 is 0 Å². The molecule has 0 bridgehead atoms. The topological polar surface area (TPSA) is 14.2 Å². The predicted molar refractivity (Wildman–Crippen MR) is 71.2 cm³/mol. The Hall–Kier alpha value is -1.80. The fourth-order valence-corrected chi connectivity index (χ4v) is 2.45. The molecule has 1 aromatic heterocycles. The Kier molecular flexibility index (Phi) is 2.37. The quantitative estimate of drug-likeness (QED) is 0.644. The number of methoxy groups -OCH3 is 1. The van der Waals surface area contributed by atoms with Gasteiger partial charge < -0.3 is 9.30 Å². The molecule has 1 atom stereocenters. The van der Waals surface area contributed by atoms with E-state index < -0.39 is 0 Å². The molecule has 0 aliphatic rings. The van der Waals surface area contributed by atoms with Crippen LogP contribution in [0, 0.1) is 0 Å². The van der Waals surface area contributed by atoms with Crippen molar-refractivity contribution in [3.8, 4) is 0 Å². The van der Waals surface area contributed by atoms with Gasteiger partial charge in [0.05, 0.1) is 11.0 Å². The molecule has 1 heterocycles. The van der Waals surface area contributed by atoms with Gasteiger partial charge in [-0.05, 0) is 19.1 Å². The zero-order valence-electron chi connectivity index (χ0n) is 10.1. The van der Waals surface area contributed by atoms with Gasteiger partial charge in [-0.25, -0.2) is 0 Å². The minimum Gasteiger partial charge on any atom is -0.362 e. The lowest BCUT2D eigenvalue weighted by atomic mass is 10.2. The number of nitrogens with zero attached hydrogens (tertiary/aromatic N) is 1. The maximum absolute atomic E-state index is 5.47. The van der Waals surface area contributed by atoms with Gasteiger partial charge in [-0.3, -0.25) is 0 Å². The van der Waals surface area contributed by atoms with E-state index in [2.05, 4.69) is 60.0 Å². The lowest BCUT2D eigenvalue weighted by molar-refractivity contribution is 0.0675. The van der Waals surface area contributed by atoms with Crippen molar-refractivity contribution < 1.29 is 4.74 Å². The maximum Gasteiger partial charge on any atom is 0.131 e. The minimum absolute atomic E-state index is 0.0415. The van der Waals surface area contributed by atoms with Gasteiger partial charge >= 0.3 is 0 Å². The van der Waals surface area contributed by atoms with Crippen molar-refractivity contribution in [2.75, 3.05) is 7.11 Å². The Balaban J connectivity index is 2.50. The van der Waals surface area contributed by atoms with Crippen LogP contribution in [0.25, 0.3) is 21.8 Å². The highest BCUT2D eigenvalue weighted by atomic mass is 16.5. The molecule has 3 aromatic rings. The lowest BCUT2D eigenvalue weighted by Gasteiger charge is -2.14. The summed E-state index contributed by atoms with van der Waals surface area (Å²) in [4.78, 5) is 0. The van der Waals surface area contributed by atoms with Crippen LogP contribution in [0.2, 0.25) is 0 Å².